The van der Waals surface area contributed by atoms with Gasteiger partial charge in [0.2, 0.25) is 0 Å². The second kappa shape index (κ2) is 5.27. The van der Waals surface area contributed by atoms with Crippen molar-refractivity contribution in [3.8, 4) is 0 Å². The van der Waals surface area contributed by atoms with Crippen LogP contribution in [0, 0.1) is 12.7 Å². The van der Waals surface area contributed by atoms with Crippen LogP contribution in [-0.2, 0) is 0 Å². The maximum Gasteiger partial charge on any atom is 0.254 e. The minimum atomic E-state index is -0.561. The molecule has 1 saturated heterocycles. The van der Waals surface area contributed by atoms with Gasteiger partial charge in [-0.3, -0.25) is 4.79 Å². The van der Waals surface area contributed by atoms with Gasteiger partial charge in [0.05, 0.1) is 12.1 Å². The van der Waals surface area contributed by atoms with Gasteiger partial charge in [-0.2, -0.15) is 0 Å². The molecule has 0 aromatic heterocycles. The van der Waals surface area contributed by atoms with Crippen molar-refractivity contribution in [1.29, 1.82) is 0 Å². The van der Waals surface area contributed by atoms with Crippen molar-refractivity contribution in [2.24, 2.45) is 0 Å². The topological polar surface area (TPSA) is 43.8 Å². The molecular formula is C14H19FN2O2. The molecule has 1 aromatic rings. The second-order valence-corrected chi connectivity index (χ2v) is 5.27. The maximum absolute atomic E-state index is 13.5. The van der Waals surface area contributed by atoms with Crippen LogP contribution in [0.4, 0.5) is 4.39 Å². The quantitative estimate of drug-likeness (QED) is 0.864. The molecule has 104 valence electrons. The van der Waals surface area contributed by atoms with Crippen molar-refractivity contribution in [2.75, 3.05) is 27.2 Å². The van der Waals surface area contributed by atoms with Gasteiger partial charge in [0, 0.05) is 18.7 Å². The predicted molar refractivity (Wildman–Crippen MR) is 70.5 cm³/mol. The zero-order chi connectivity index (χ0) is 14.2. The molecule has 2 rings (SSSR count). The number of benzene rings is 1. The van der Waals surface area contributed by atoms with Crippen molar-refractivity contribution < 1.29 is 14.3 Å². The Labute approximate surface area is 112 Å². The number of aliphatic hydroxyl groups excluding tert-OH is 1. The SMILES string of the molecule is Cc1ccc(C(=O)N2C[C@@H](O)[C@H](N(C)C)C2)cc1F. The van der Waals surface area contributed by atoms with Gasteiger partial charge in [-0.1, -0.05) is 6.07 Å². The summed E-state index contributed by atoms with van der Waals surface area (Å²) < 4.78 is 13.5. The number of carbonyl (C=O) groups excluding carboxylic acids is 1. The monoisotopic (exact) mass is 266 g/mol. The van der Waals surface area contributed by atoms with Crippen LogP contribution in [0.1, 0.15) is 15.9 Å². The minimum absolute atomic E-state index is 0.0701. The van der Waals surface area contributed by atoms with E-state index >= 15 is 0 Å². The normalized spacial score (nSPS) is 23.2. The molecule has 1 N–H and O–H groups in total. The Balaban J connectivity index is 2.15. The molecule has 1 aromatic carbocycles. The van der Waals surface area contributed by atoms with Gasteiger partial charge in [0.1, 0.15) is 5.82 Å². The highest BCUT2D eigenvalue weighted by Crippen LogP contribution is 2.18. The fourth-order valence-electron chi connectivity index (χ4n) is 2.35. The van der Waals surface area contributed by atoms with E-state index in [9.17, 15) is 14.3 Å². The van der Waals surface area contributed by atoms with E-state index < -0.39 is 6.10 Å². The number of hydrogen-bond donors (Lipinski definition) is 1. The fourth-order valence-corrected chi connectivity index (χ4v) is 2.35. The second-order valence-electron chi connectivity index (χ2n) is 5.27. The zero-order valence-electron chi connectivity index (χ0n) is 11.4. The van der Waals surface area contributed by atoms with E-state index in [2.05, 4.69) is 0 Å². The number of amides is 1. The predicted octanol–water partition coefficient (Wildman–Crippen LogP) is 0.881. The molecule has 0 aliphatic carbocycles. The average molecular weight is 266 g/mol. The minimum Gasteiger partial charge on any atom is -0.390 e. The molecule has 1 aliphatic rings. The molecule has 1 fully saturated rings. The van der Waals surface area contributed by atoms with Crippen molar-refractivity contribution >= 4 is 5.91 Å². The molecule has 1 amide bonds. The van der Waals surface area contributed by atoms with Crippen LogP contribution in [-0.4, -0.2) is 60.1 Å². The highest BCUT2D eigenvalue weighted by atomic mass is 19.1. The van der Waals surface area contributed by atoms with Gasteiger partial charge in [-0.15, -0.1) is 0 Å². The van der Waals surface area contributed by atoms with E-state index in [4.69, 9.17) is 0 Å². The number of halogens is 1. The highest BCUT2D eigenvalue weighted by molar-refractivity contribution is 5.94. The summed E-state index contributed by atoms with van der Waals surface area (Å²) in [7, 11) is 3.74. The lowest BCUT2D eigenvalue weighted by Gasteiger charge is -2.21. The summed E-state index contributed by atoms with van der Waals surface area (Å²) in [6.07, 6.45) is -0.561. The lowest BCUT2D eigenvalue weighted by Crippen LogP contribution is -2.38. The number of β-amino-alcohol motifs (C(OH)–C–C–N with tert-alkyl or cyclic N) is 1. The van der Waals surface area contributed by atoms with Gasteiger partial charge in [0.15, 0.2) is 0 Å². The summed E-state index contributed by atoms with van der Waals surface area (Å²) in [6.45, 7) is 2.41. The van der Waals surface area contributed by atoms with Crippen LogP contribution >= 0.6 is 0 Å². The van der Waals surface area contributed by atoms with Gasteiger partial charge >= 0.3 is 0 Å². The first-order valence-corrected chi connectivity index (χ1v) is 6.30. The first-order valence-electron chi connectivity index (χ1n) is 6.30. The van der Waals surface area contributed by atoms with Crippen molar-refractivity contribution in [2.45, 2.75) is 19.1 Å². The number of likely N-dealkylation sites (tertiary alicyclic amines) is 1. The van der Waals surface area contributed by atoms with Crippen LogP contribution in [0.5, 0.6) is 0 Å². The fraction of sp³-hybridized carbons (Fsp3) is 0.500. The van der Waals surface area contributed by atoms with Gasteiger partial charge < -0.3 is 14.9 Å². The van der Waals surface area contributed by atoms with E-state index in [1.54, 1.807) is 24.0 Å². The first-order chi connectivity index (χ1) is 8.90. The Kier molecular flexibility index (Phi) is 3.87. The molecule has 1 aliphatic heterocycles. The van der Waals surface area contributed by atoms with Crippen LogP contribution in [0.15, 0.2) is 18.2 Å². The molecule has 2 atom stereocenters. The molecule has 0 radical (unpaired) electrons. The van der Waals surface area contributed by atoms with Crippen molar-refractivity contribution in [3.63, 3.8) is 0 Å². The van der Waals surface area contributed by atoms with E-state index in [-0.39, 0.29) is 24.3 Å². The lowest BCUT2D eigenvalue weighted by molar-refractivity contribution is 0.0763. The Morgan fingerprint density at radius 3 is 2.63 bits per heavy atom. The smallest absolute Gasteiger partial charge is 0.254 e. The Morgan fingerprint density at radius 2 is 2.11 bits per heavy atom. The number of aryl methyl sites for hydroxylation is 1. The third-order valence-electron chi connectivity index (χ3n) is 3.63. The summed E-state index contributed by atoms with van der Waals surface area (Å²) in [6, 6.07) is 4.40. The summed E-state index contributed by atoms with van der Waals surface area (Å²) in [5.74, 6) is -0.614. The van der Waals surface area contributed by atoms with Gasteiger partial charge in [-0.05, 0) is 38.7 Å². The summed E-state index contributed by atoms with van der Waals surface area (Å²) >= 11 is 0. The van der Waals surface area contributed by atoms with Gasteiger partial charge in [-0.25, -0.2) is 4.39 Å². The lowest BCUT2D eigenvalue weighted by atomic mass is 10.1. The molecule has 4 nitrogen and oxygen atoms in total. The number of hydrogen-bond acceptors (Lipinski definition) is 3. The Hall–Kier alpha value is -1.46. The first kappa shape index (κ1) is 14.0. The van der Waals surface area contributed by atoms with Crippen molar-refractivity contribution in [1.82, 2.24) is 9.80 Å². The number of likely N-dealkylation sites (N-methyl/N-ethyl adjacent to an activating group) is 1. The average Bonchev–Trinajstić information content (AvgIpc) is 2.74. The summed E-state index contributed by atoms with van der Waals surface area (Å²) in [4.78, 5) is 15.7. The number of carbonyl (C=O) groups is 1. The molecule has 5 heteroatoms. The third-order valence-corrected chi connectivity index (χ3v) is 3.63. The molecule has 0 unspecified atom stereocenters. The molecule has 19 heavy (non-hydrogen) atoms. The molecular weight excluding hydrogens is 247 g/mol. The van der Waals surface area contributed by atoms with E-state index in [1.165, 1.54) is 6.07 Å². The van der Waals surface area contributed by atoms with Crippen LogP contribution in [0.25, 0.3) is 0 Å². The molecule has 1 heterocycles. The molecule has 0 bridgehead atoms. The van der Waals surface area contributed by atoms with Crippen molar-refractivity contribution in [3.05, 3.63) is 35.1 Å². The highest BCUT2D eigenvalue weighted by Gasteiger charge is 2.35. The standard InChI is InChI=1S/C14H19FN2O2/c1-9-4-5-10(6-11(9)15)14(19)17-7-12(16(2)3)13(18)8-17/h4-6,12-13,18H,7-8H2,1-3H3/t12-,13-/m1/s1. The van der Waals surface area contributed by atoms with Crippen LogP contribution < -0.4 is 0 Å². The zero-order valence-corrected chi connectivity index (χ0v) is 11.4. The van der Waals surface area contributed by atoms with Crippen LogP contribution in [0.2, 0.25) is 0 Å². The Morgan fingerprint density at radius 1 is 1.42 bits per heavy atom. The summed E-state index contributed by atoms with van der Waals surface area (Å²) in [5.41, 5.74) is 0.846. The van der Waals surface area contributed by atoms with Crippen LogP contribution in [0.3, 0.4) is 0 Å². The summed E-state index contributed by atoms with van der Waals surface area (Å²) in [5, 5.41) is 9.91. The van der Waals surface area contributed by atoms with Gasteiger partial charge in [0.25, 0.3) is 5.91 Å². The molecule has 0 spiro atoms. The van der Waals surface area contributed by atoms with E-state index in [0.29, 0.717) is 17.7 Å². The number of aliphatic hydroxyl groups is 1. The largest absolute Gasteiger partial charge is 0.390 e. The molecule has 0 saturated carbocycles. The number of rotatable bonds is 2. The maximum atomic E-state index is 13.5. The number of nitrogens with zero attached hydrogens (tertiary/aromatic N) is 2. The van der Waals surface area contributed by atoms with E-state index in [1.807, 2.05) is 19.0 Å². The Bertz CT molecular complexity index is 490. The third kappa shape index (κ3) is 2.77. The van der Waals surface area contributed by atoms with E-state index in [0.717, 1.165) is 0 Å².